The van der Waals surface area contributed by atoms with Crippen molar-refractivity contribution in [1.82, 2.24) is 20.6 Å². The summed E-state index contributed by atoms with van der Waals surface area (Å²) in [6.45, 7) is 4.85. The summed E-state index contributed by atoms with van der Waals surface area (Å²) >= 11 is 0. The fraction of sp³-hybridized carbons (Fsp3) is 0.643. The molecule has 0 radical (unpaired) electrons. The van der Waals surface area contributed by atoms with Crippen LogP contribution in [0, 0.1) is 12.8 Å². The number of piperidine rings is 1. The van der Waals surface area contributed by atoms with E-state index in [-0.39, 0.29) is 5.91 Å². The first-order chi connectivity index (χ1) is 9.24. The molecule has 0 aliphatic carbocycles. The van der Waals surface area contributed by atoms with Gasteiger partial charge in [0.15, 0.2) is 0 Å². The molecule has 1 aromatic rings. The van der Waals surface area contributed by atoms with Gasteiger partial charge in [-0.25, -0.2) is 9.97 Å². The van der Waals surface area contributed by atoms with Crippen molar-refractivity contribution in [1.29, 1.82) is 0 Å². The molecule has 104 valence electrons. The number of rotatable bonds is 5. The van der Waals surface area contributed by atoms with Crippen LogP contribution in [0.5, 0.6) is 0 Å². The maximum absolute atomic E-state index is 11.7. The van der Waals surface area contributed by atoms with E-state index in [9.17, 15) is 4.79 Å². The Morgan fingerprint density at radius 1 is 1.47 bits per heavy atom. The molecule has 5 nitrogen and oxygen atoms in total. The molecule has 1 aromatic heterocycles. The van der Waals surface area contributed by atoms with Crippen molar-refractivity contribution in [3.63, 3.8) is 0 Å². The lowest BCUT2D eigenvalue weighted by molar-refractivity contribution is -0.121. The minimum Gasteiger partial charge on any atom is -0.356 e. The number of aryl methyl sites for hydroxylation is 2. The van der Waals surface area contributed by atoms with Gasteiger partial charge in [0, 0.05) is 31.8 Å². The van der Waals surface area contributed by atoms with E-state index in [0.717, 1.165) is 31.0 Å². The first-order valence-corrected chi connectivity index (χ1v) is 6.99. The molecule has 1 atom stereocenters. The number of hydrogen-bond acceptors (Lipinski definition) is 4. The molecule has 5 heteroatoms. The number of carbonyl (C=O) groups is 1. The van der Waals surface area contributed by atoms with Crippen molar-refractivity contribution in [2.45, 2.75) is 32.6 Å². The summed E-state index contributed by atoms with van der Waals surface area (Å²) in [6.07, 6.45) is 7.05. The Morgan fingerprint density at radius 3 is 2.95 bits per heavy atom. The third kappa shape index (κ3) is 4.95. The standard InChI is InChI=1S/C14H22N4O/c1-11-7-16-13(17-8-11)4-5-14(19)18-10-12-3-2-6-15-9-12/h7-8,12,15H,2-6,9-10H2,1H3,(H,18,19). The summed E-state index contributed by atoms with van der Waals surface area (Å²) in [5.41, 5.74) is 1.04. The van der Waals surface area contributed by atoms with Gasteiger partial charge in [-0.2, -0.15) is 0 Å². The lowest BCUT2D eigenvalue weighted by atomic mass is 10.00. The molecule has 1 amide bonds. The van der Waals surface area contributed by atoms with Gasteiger partial charge in [-0.05, 0) is 44.3 Å². The molecule has 1 saturated heterocycles. The summed E-state index contributed by atoms with van der Waals surface area (Å²) in [7, 11) is 0. The number of nitrogens with zero attached hydrogens (tertiary/aromatic N) is 2. The fourth-order valence-electron chi connectivity index (χ4n) is 2.22. The van der Waals surface area contributed by atoms with E-state index < -0.39 is 0 Å². The highest BCUT2D eigenvalue weighted by Crippen LogP contribution is 2.08. The van der Waals surface area contributed by atoms with Crippen LogP contribution in [-0.2, 0) is 11.2 Å². The molecular formula is C14H22N4O. The third-order valence-corrected chi connectivity index (χ3v) is 3.40. The second kappa shape index (κ2) is 7.19. The molecule has 0 saturated carbocycles. The molecule has 2 heterocycles. The van der Waals surface area contributed by atoms with E-state index >= 15 is 0 Å². The zero-order chi connectivity index (χ0) is 13.5. The summed E-state index contributed by atoms with van der Waals surface area (Å²) in [4.78, 5) is 20.1. The number of carbonyl (C=O) groups excluding carboxylic acids is 1. The summed E-state index contributed by atoms with van der Waals surface area (Å²) in [6, 6.07) is 0. The minimum absolute atomic E-state index is 0.0924. The second-order valence-electron chi connectivity index (χ2n) is 5.19. The number of nitrogens with one attached hydrogen (secondary N) is 2. The predicted molar refractivity (Wildman–Crippen MR) is 73.7 cm³/mol. The van der Waals surface area contributed by atoms with E-state index in [0.29, 0.717) is 18.8 Å². The first kappa shape index (κ1) is 13.9. The molecule has 0 aromatic carbocycles. The van der Waals surface area contributed by atoms with E-state index in [1.165, 1.54) is 12.8 Å². The van der Waals surface area contributed by atoms with Crippen LogP contribution in [-0.4, -0.2) is 35.5 Å². The van der Waals surface area contributed by atoms with E-state index in [2.05, 4.69) is 20.6 Å². The molecule has 0 bridgehead atoms. The minimum atomic E-state index is 0.0924. The monoisotopic (exact) mass is 262 g/mol. The van der Waals surface area contributed by atoms with Crippen LogP contribution < -0.4 is 10.6 Å². The van der Waals surface area contributed by atoms with Gasteiger partial charge in [-0.1, -0.05) is 0 Å². The van der Waals surface area contributed by atoms with Crippen LogP contribution in [0.2, 0.25) is 0 Å². The number of amides is 1. The van der Waals surface area contributed by atoms with Crippen LogP contribution in [0.3, 0.4) is 0 Å². The Balaban J connectivity index is 1.65. The maximum atomic E-state index is 11.7. The van der Waals surface area contributed by atoms with Crippen LogP contribution in [0.25, 0.3) is 0 Å². The van der Waals surface area contributed by atoms with Gasteiger partial charge in [0.1, 0.15) is 5.82 Å². The molecule has 2 N–H and O–H groups in total. The highest BCUT2D eigenvalue weighted by atomic mass is 16.1. The molecule has 1 fully saturated rings. The Kier molecular flexibility index (Phi) is 5.27. The van der Waals surface area contributed by atoms with Gasteiger partial charge in [0.2, 0.25) is 5.91 Å². The molecule has 1 aliphatic heterocycles. The summed E-state index contributed by atoms with van der Waals surface area (Å²) in [5.74, 6) is 1.41. The summed E-state index contributed by atoms with van der Waals surface area (Å²) < 4.78 is 0. The smallest absolute Gasteiger partial charge is 0.220 e. The molecule has 1 unspecified atom stereocenters. The van der Waals surface area contributed by atoms with E-state index in [4.69, 9.17) is 0 Å². The fourth-order valence-corrected chi connectivity index (χ4v) is 2.22. The zero-order valence-corrected chi connectivity index (χ0v) is 11.5. The average Bonchev–Trinajstić information content (AvgIpc) is 2.45. The number of aromatic nitrogens is 2. The van der Waals surface area contributed by atoms with Gasteiger partial charge in [-0.15, -0.1) is 0 Å². The molecule has 1 aliphatic rings. The van der Waals surface area contributed by atoms with Gasteiger partial charge in [0.05, 0.1) is 0 Å². The Morgan fingerprint density at radius 2 is 2.26 bits per heavy atom. The predicted octanol–water partition coefficient (Wildman–Crippen LogP) is 0.833. The van der Waals surface area contributed by atoms with E-state index in [1.54, 1.807) is 12.4 Å². The SMILES string of the molecule is Cc1cnc(CCC(=O)NCC2CCCNC2)nc1. The van der Waals surface area contributed by atoms with Crippen LogP contribution >= 0.6 is 0 Å². The first-order valence-electron chi connectivity index (χ1n) is 6.99. The average molecular weight is 262 g/mol. The molecular weight excluding hydrogens is 240 g/mol. The van der Waals surface area contributed by atoms with Crippen LogP contribution in [0.1, 0.15) is 30.7 Å². The third-order valence-electron chi connectivity index (χ3n) is 3.40. The van der Waals surface area contributed by atoms with Crippen LogP contribution in [0.15, 0.2) is 12.4 Å². The topological polar surface area (TPSA) is 66.9 Å². The Bertz CT molecular complexity index is 398. The lowest BCUT2D eigenvalue weighted by Crippen LogP contribution is -2.38. The summed E-state index contributed by atoms with van der Waals surface area (Å²) in [5, 5.41) is 6.35. The molecule has 0 spiro atoms. The maximum Gasteiger partial charge on any atom is 0.220 e. The van der Waals surface area contributed by atoms with Crippen LogP contribution in [0.4, 0.5) is 0 Å². The van der Waals surface area contributed by atoms with Gasteiger partial charge in [0.25, 0.3) is 0 Å². The Labute approximate surface area is 114 Å². The zero-order valence-electron chi connectivity index (χ0n) is 11.5. The number of hydrogen-bond donors (Lipinski definition) is 2. The highest BCUT2D eigenvalue weighted by molar-refractivity contribution is 5.76. The molecule has 2 rings (SSSR count). The van der Waals surface area contributed by atoms with Crippen molar-refractivity contribution in [2.75, 3.05) is 19.6 Å². The van der Waals surface area contributed by atoms with E-state index in [1.807, 2.05) is 6.92 Å². The second-order valence-corrected chi connectivity index (χ2v) is 5.19. The van der Waals surface area contributed by atoms with Gasteiger partial charge < -0.3 is 10.6 Å². The van der Waals surface area contributed by atoms with Crippen molar-refractivity contribution in [3.8, 4) is 0 Å². The quantitative estimate of drug-likeness (QED) is 0.825. The van der Waals surface area contributed by atoms with Crippen molar-refractivity contribution >= 4 is 5.91 Å². The van der Waals surface area contributed by atoms with Gasteiger partial charge >= 0.3 is 0 Å². The lowest BCUT2D eigenvalue weighted by Gasteiger charge is -2.22. The Hall–Kier alpha value is -1.49. The highest BCUT2D eigenvalue weighted by Gasteiger charge is 2.13. The largest absolute Gasteiger partial charge is 0.356 e. The normalized spacial score (nSPS) is 19.1. The van der Waals surface area contributed by atoms with Gasteiger partial charge in [-0.3, -0.25) is 4.79 Å². The van der Waals surface area contributed by atoms with Crippen molar-refractivity contribution in [3.05, 3.63) is 23.8 Å². The molecule has 19 heavy (non-hydrogen) atoms. The van der Waals surface area contributed by atoms with Crippen molar-refractivity contribution in [2.24, 2.45) is 5.92 Å². The van der Waals surface area contributed by atoms with Crippen molar-refractivity contribution < 1.29 is 4.79 Å².